The molecule has 1 rings (SSSR count). The average Bonchev–Trinajstić information content (AvgIpc) is 2.37. The Morgan fingerprint density at radius 1 is 1.22 bits per heavy atom. The molecule has 0 aromatic carbocycles. The van der Waals surface area contributed by atoms with Gasteiger partial charge in [0.1, 0.15) is 6.54 Å². The largest absolute Gasteiger partial charge is 0.481 e. The van der Waals surface area contributed by atoms with Crippen molar-refractivity contribution in [1.82, 2.24) is 4.90 Å². The molecule has 0 aliphatic heterocycles. The Labute approximate surface area is 106 Å². The average molecular weight is 257 g/mol. The highest BCUT2D eigenvalue weighted by Gasteiger charge is 2.37. The summed E-state index contributed by atoms with van der Waals surface area (Å²) in [4.78, 5) is 35.6. The van der Waals surface area contributed by atoms with Crippen molar-refractivity contribution in [2.45, 2.75) is 25.7 Å². The van der Waals surface area contributed by atoms with Crippen LogP contribution in [0.1, 0.15) is 25.7 Å². The first-order chi connectivity index (χ1) is 8.47. The Balaban J connectivity index is 2.68. The first kappa shape index (κ1) is 14.5. The monoisotopic (exact) mass is 257 g/mol. The number of carbonyl (C=O) groups excluding carboxylic acids is 2. The van der Waals surface area contributed by atoms with Crippen LogP contribution in [0, 0.1) is 11.8 Å². The molecule has 0 aromatic rings. The van der Waals surface area contributed by atoms with Gasteiger partial charge in [0.15, 0.2) is 0 Å². The number of amides is 1. The van der Waals surface area contributed by atoms with Crippen molar-refractivity contribution in [2.75, 3.05) is 20.7 Å². The maximum absolute atomic E-state index is 12.1. The lowest BCUT2D eigenvalue weighted by molar-refractivity contribution is -0.154. The number of likely N-dealkylation sites (N-methyl/N-ethyl adjacent to an activating group) is 1. The van der Waals surface area contributed by atoms with Crippen LogP contribution in [0.2, 0.25) is 0 Å². The molecule has 0 unspecified atom stereocenters. The summed E-state index contributed by atoms with van der Waals surface area (Å²) in [7, 11) is 2.74. The van der Waals surface area contributed by atoms with Crippen LogP contribution in [-0.4, -0.2) is 48.6 Å². The van der Waals surface area contributed by atoms with E-state index in [2.05, 4.69) is 4.74 Å². The molecule has 0 bridgehead atoms. The molecule has 6 nitrogen and oxygen atoms in total. The van der Waals surface area contributed by atoms with Gasteiger partial charge in [-0.1, -0.05) is 12.8 Å². The highest BCUT2D eigenvalue weighted by atomic mass is 16.5. The molecule has 102 valence electrons. The van der Waals surface area contributed by atoms with Gasteiger partial charge in [0, 0.05) is 7.05 Å². The van der Waals surface area contributed by atoms with Crippen molar-refractivity contribution in [3.8, 4) is 0 Å². The zero-order valence-corrected chi connectivity index (χ0v) is 10.7. The summed E-state index contributed by atoms with van der Waals surface area (Å²) in [6, 6.07) is 0. The molecule has 0 radical (unpaired) electrons. The van der Waals surface area contributed by atoms with E-state index in [4.69, 9.17) is 5.11 Å². The van der Waals surface area contributed by atoms with Crippen molar-refractivity contribution < 1.29 is 24.2 Å². The third-order valence-electron chi connectivity index (χ3n) is 3.37. The summed E-state index contributed by atoms with van der Waals surface area (Å²) in [6.07, 6.45) is 2.78. The van der Waals surface area contributed by atoms with E-state index in [1.54, 1.807) is 0 Å². The maximum Gasteiger partial charge on any atom is 0.325 e. The van der Waals surface area contributed by atoms with E-state index < -0.39 is 23.8 Å². The SMILES string of the molecule is COC(=O)CN(C)C(=O)[C@@H]1CCCC[C@@H]1C(=O)O. The number of ether oxygens (including phenoxy) is 1. The molecule has 1 aliphatic carbocycles. The molecule has 18 heavy (non-hydrogen) atoms. The van der Waals surface area contributed by atoms with Gasteiger partial charge in [-0.05, 0) is 12.8 Å². The summed E-state index contributed by atoms with van der Waals surface area (Å²) >= 11 is 0. The number of esters is 1. The van der Waals surface area contributed by atoms with Gasteiger partial charge in [0.2, 0.25) is 5.91 Å². The Bertz CT molecular complexity index is 341. The fraction of sp³-hybridized carbons (Fsp3) is 0.750. The normalized spacial score (nSPS) is 23.2. The lowest BCUT2D eigenvalue weighted by Crippen LogP contribution is -2.42. The molecule has 0 saturated heterocycles. The van der Waals surface area contributed by atoms with E-state index in [-0.39, 0.29) is 12.5 Å². The van der Waals surface area contributed by atoms with Crippen molar-refractivity contribution in [3.63, 3.8) is 0 Å². The summed E-state index contributed by atoms with van der Waals surface area (Å²) in [6.45, 7) is -0.141. The van der Waals surface area contributed by atoms with Crippen LogP contribution in [0.5, 0.6) is 0 Å². The third-order valence-corrected chi connectivity index (χ3v) is 3.37. The van der Waals surface area contributed by atoms with Gasteiger partial charge in [-0.15, -0.1) is 0 Å². The van der Waals surface area contributed by atoms with Crippen LogP contribution < -0.4 is 0 Å². The molecule has 2 atom stereocenters. The number of aliphatic carboxylic acids is 1. The highest BCUT2D eigenvalue weighted by Crippen LogP contribution is 2.31. The number of methoxy groups -OCH3 is 1. The van der Waals surface area contributed by atoms with Crippen LogP contribution in [0.4, 0.5) is 0 Å². The molecular formula is C12H19NO5. The predicted molar refractivity (Wildman–Crippen MR) is 62.7 cm³/mol. The highest BCUT2D eigenvalue weighted by molar-refractivity contribution is 5.87. The summed E-state index contributed by atoms with van der Waals surface area (Å²) in [5.74, 6) is -2.88. The number of rotatable bonds is 4. The van der Waals surface area contributed by atoms with Crippen LogP contribution >= 0.6 is 0 Å². The minimum absolute atomic E-state index is 0.141. The lowest BCUT2D eigenvalue weighted by atomic mass is 9.78. The van der Waals surface area contributed by atoms with Gasteiger partial charge < -0.3 is 14.7 Å². The maximum atomic E-state index is 12.1. The number of carboxylic acids is 1. The Morgan fingerprint density at radius 3 is 2.28 bits per heavy atom. The second-order valence-corrected chi connectivity index (χ2v) is 4.61. The van der Waals surface area contributed by atoms with Crippen molar-refractivity contribution in [2.24, 2.45) is 11.8 Å². The quantitative estimate of drug-likeness (QED) is 0.742. The second-order valence-electron chi connectivity index (χ2n) is 4.61. The van der Waals surface area contributed by atoms with Crippen molar-refractivity contribution >= 4 is 17.8 Å². The third kappa shape index (κ3) is 3.45. The topological polar surface area (TPSA) is 83.9 Å². The van der Waals surface area contributed by atoms with Crippen molar-refractivity contribution in [3.05, 3.63) is 0 Å². The molecule has 1 fully saturated rings. The number of nitrogens with zero attached hydrogens (tertiary/aromatic N) is 1. The molecule has 1 saturated carbocycles. The standard InChI is InChI=1S/C12H19NO5/c1-13(7-10(14)18-2)11(15)8-5-3-4-6-9(8)12(16)17/h8-9H,3-7H2,1-2H3,(H,16,17)/t8-,9+/m1/s1. The fourth-order valence-electron chi connectivity index (χ4n) is 2.34. The Kier molecular flexibility index (Phi) is 5.12. The van der Waals surface area contributed by atoms with Gasteiger partial charge >= 0.3 is 11.9 Å². The number of carbonyl (C=O) groups is 3. The van der Waals surface area contributed by atoms with Gasteiger partial charge in [-0.3, -0.25) is 14.4 Å². The molecule has 1 N–H and O–H groups in total. The zero-order chi connectivity index (χ0) is 13.7. The first-order valence-electron chi connectivity index (χ1n) is 6.02. The number of hydrogen-bond donors (Lipinski definition) is 1. The molecule has 0 heterocycles. The van der Waals surface area contributed by atoms with Crippen LogP contribution in [0.25, 0.3) is 0 Å². The van der Waals surface area contributed by atoms with Gasteiger partial charge in [0.05, 0.1) is 18.9 Å². The van der Waals surface area contributed by atoms with E-state index in [1.165, 1.54) is 19.1 Å². The minimum Gasteiger partial charge on any atom is -0.481 e. The predicted octanol–water partition coefficient (Wildman–Crippen LogP) is 0.509. The Morgan fingerprint density at radius 2 is 1.78 bits per heavy atom. The molecule has 6 heteroatoms. The van der Waals surface area contributed by atoms with Gasteiger partial charge in [0.25, 0.3) is 0 Å². The second kappa shape index (κ2) is 6.37. The summed E-state index contributed by atoms with van der Waals surface area (Å²) in [5, 5.41) is 9.11. The van der Waals surface area contributed by atoms with E-state index in [9.17, 15) is 14.4 Å². The number of carboxylic acid groups (broad SMARTS) is 1. The molecule has 1 amide bonds. The van der Waals surface area contributed by atoms with E-state index in [1.807, 2.05) is 0 Å². The lowest BCUT2D eigenvalue weighted by Gasteiger charge is -2.30. The van der Waals surface area contributed by atoms with Crippen LogP contribution in [0.3, 0.4) is 0 Å². The molecule has 0 aromatic heterocycles. The van der Waals surface area contributed by atoms with Crippen molar-refractivity contribution in [1.29, 1.82) is 0 Å². The molecule has 1 aliphatic rings. The zero-order valence-electron chi connectivity index (χ0n) is 10.7. The molecular weight excluding hydrogens is 238 g/mol. The smallest absolute Gasteiger partial charge is 0.325 e. The van der Waals surface area contributed by atoms with Crippen LogP contribution in [0.15, 0.2) is 0 Å². The summed E-state index contributed by atoms with van der Waals surface area (Å²) in [5.41, 5.74) is 0. The van der Waals surface area contributed by atoms with Gasteiger partial charge in [-0.2, -0.15) is 0 Å². The number of hydrogen-bond acceptors (Lipinski definition) is 4. The summed E-state index contributed by atoms with van der Waals surface area (Å²) < 4.78 is 4.48. The Hall–Kier alpha value is -1.59. The van der Waals surface area contributed by atoms with Crippen LogP contribution in [-0.2, 0) is 19.1 Å². The first-order valence-corrected chi connectivity index (χ1v) is 6.02. The van der Waals surface area contributed by atoms with E-state index in [0.717, 1.165) is 12.8 Å². The van der Waals surface area contributed by atoms with Gasteiger partial charge in [-0.25, -0.2) is 0 Å². The van der Waals surface area contributed by atoms with E-state index >= 15 is 0 Å². The minimum atomic E-state index is -0.931. The molecule has 0 spiro atoms. The van der Waals surface area contributed by atoms with E-state index in [0.29, 0.717) is 12.8 Å². The fourth-order valence-corrected chi connectivity index (χ4v) is 2.34.